The van der Waals surface area contributed by atoms with Crippen molar-refractivity contribution in [3.8, 4) is 0 Å². The summed E-state index contributed by atoms with van der Waals surface area (Å²) in [6, 6.07) is 0. The van der Waals surface area contributed by atoms with Crippen LogP contribution in [0.3, 0.4) is 0 Å². The number of rotatable bonds is 2. The molecule has 3 heterocycles. The van der Waals surface area contributed by atoms with Crippen molar-refractivity contribution in [3.63, 3.8) is 0 Å². The fraction of sp³-hybridized carbons (Fsp3) is 0.688. The van der Waals surface area contributed by atoms with E-state index >= 15 is 0 Å². The SMILES string of the molecule is Cc1cnc(N2CCC[C@@](O)(C(=O)N3CCCC3)C2)nc1C. The number of hydrogen-bond donors (Lipinski definition) is 1. The van der Waals surface area contributed by atoms with Crippen molar-refractivity contribution in [2.45, 2.75) is 45.1 Å². The molecule has 120 valence electrons. The number of β-amino-alcohol motifs (C(OH)–C–C–N with tert-alkyl or cyclic N) is 1. The largest absolute Gasteiger partial charge is 0.378 e. The van der Waals surface area contributed by atoms with Crippen molar-refractivity contribution in [1.82, 2.24) is 14.9 Å². The number of aromatic nitrogens is 2. The Morgan fingerprint density at radius 3 is 2.64 bits per heavy atom. The molecule has 0 aromatic carbocycles. The Hall–Kier alpha value is -1.69. The van der Waals surface area contributed by atoms with Gasteiger partial charge in [-0.2, -0.15) is 0 Å². The van der Waals surface area contributed by atoms with Gasteiger partial charge in [0.2, 0.25) is 5.95 Å². The highest BCUT2D eigenvalue weighted by molar-refractivity contribution is 5.86. The highest BCUT2D eigenvalue weighted by Gasteiger charge is 2.43. The van der Waals surface area contributed by atoms with Gasteiger partial charge in [-0.25, -0.2) is 9.97 Å². The number of aryl methyl sites for hydroxylation is 2. The third-order valence-electron chi connectivity index (χ3n) is 4.76. The first-order chi connectivity index (χ1) is 10.5. The van der Waals surface area contributed by atoms with Crippen LogP contribution in [0.5, 0.6) is 0 Å². The summed E-state index contributed by atoms with van der Waals surface area (Å²) in [6.45, 7) is 6.51. The Kier molecular flexibility index (Phi) is 4.04. The van der Waals surface area contributed by atoms with Gasteiger partial charge in [-0.15, -0.1) is 0 Å². The van der Waals surface area contributed by atoms with Crippen LogP contribution in [0.4, 0.5) is 5.95 Å². The normalized spacial score (nSPS) is 25.6. The van der Waals surface area contributed by atoms with Crippen molar-refractivity contribution in [1.29, 1.82) is 0 Å². The fourth-order valence-electron chi connectivity index (χ4n) is 3.26. The van der Waals surface area contributed by atoms with Crippen molar-refractivity contribution >= 4 is 11.9 Å². The van der Waals surface area contributed by atoms with E-state index in [9.17, 15) is 9.90 Å². The fourth-order valence-corrected chi connectivity index (χ4v) is 3.26. The van der Waals surface area contributed by atoms with Gasteiger partial charge in [0.15, 0.2) is 5.60 Å². The third-order valence-corrected chi connectivity index (χ3v) is 4.76. The molecule has 1 amide bonds. The molecule has 0 aliphatic carbocycles. The van der Waals surface area contributed by atoms with Crippen molar-refractivity contribution in [2.75, 3.05) is 31.1 Å². The van der Waals surface area contributed by atoms with E-state index in [2.05, 4.69) is 9.97 Å². The zero-order valence-corrected chi connectivity index (χ0v) is 13.4. The standard InChI is InChI=1S/C16H24N4O2/c1-12-10-17-15(18-13(12)2)20-9-5-6-16(22,11-20)14(21)19-7-3-4-8-19/h10,22H,3-9,11H2,1-2H3/t16-/m0/s1. The lowest BCUT2D eigenvalue weighted by Gasteiger charge is -2.40. The first-order valence-electron chi connectivity index (χ1n) is 8.06. The van der Waals surface area contributed by atoms with Crippen LogP contribution in [0.1, 0.15) is 36.9 Å². The van der Waals surface area contributed by atoms with Crippen LogP contribution in [0.2, 0.25) is 0 Å². The van der Waals surface area contributed by atoms with Crippen LogP contribution >= 0.6 is 0 Å². The van der Waals surface area contributed by atoms with Gasteiger partial charge < -0.3 is 14.9 Å². The topological polar surface area (TPSA) is 69.6 Å². The molecule has 6 heteroatoms. The maximum atomic E-state index is 12.6. The predicted octanol–water partition coefficient (Wildman–Crippen LogP) is 1.05. The molecule has 0 saturated carbocycles. The molecule has 1 N–H and O–H groups in total. The van der Waals surface area contributed by atoms with Crippen molar-refractivity contribution in [2.24, 2.45) is 0 Å². The minimum Gasteiger partial charge on any atom is -0.378 e. The summed E-state index contributed by atoms with van der Waals surface area (Å²) in [6.07, 6.45) is 5.15. The molecule has 22 heavy (non-hydrogen) atoms. The second kappa shape index (κ2) is 5.83. The van der Waals surface area contributed by atoms with Crippen molar-refractivity contribution < 1.29 is 9.90 Å². The van der Waals surface area contributed by atoms with Crippen LogP contribution in [0.25, 0.3) is 0 Å². The van der Waals surface area contributed by atoms with E-state index in [-0.39, 0.29) is 12.5 Å². The average Bonchev–Trinajstić information content (AvgIpc) is 3.03. The smallest absolute Gasteiger partial charge is 0.256 e. The van der Waals surface area contributed by atoms with E-state index in [1.807, 2.05) is 18.7 Å². The summed E-state index contributed by atoms with van der Waals surface area (Å²) in [4.78, 5) is 25.2. The van der Waals surface area contributed by atoms with Gasteiger partial charge in [-0.05, 0) is 45.1 Å². The molecule has 3 rings (SSSR count). The highest BCUT2D eigenvalue weighted by Crippen LogP contribution is 2.27. The highest BCUT2D eigenvalue weighted by atomic mass is 16.3. The second-order valence-electron chi connectivity index (χ2n) is 6.49. The quantitative estimate of drug-likeness (QED) is 0.884. The molecule has 2 aliphatic rings. The zero-order valence-electron chi connectivity index (χ0n) is 13.4. The first-order valence-corrected chi connectivity index (χ1v) is 8.06. The molecule has 2 aliphatic heterocycles. The van der Waals surface area contributed by atoms with Crippen LogP contribution in [0, 0.1) is 13.8 Å². The Bertz CT molecular complexity index is 571. The summed E-state index contributed by atoms with van der Waals surface area (Å²) in [5.41, 5.74) is 0.680. The Morgan fingerprint density at radius 2 is 1.95 bits per heavy atom. The summed E-state index contributed by atoms with van der Waals surface area (Å²) >= 11 is 0. The number of hydrogen-bond acceptors (Lipinski definition) is 5. The second-order valence-corrected chi connectivity index (χ2v) is 6.49. The Labute approximate surface area is 131 Å². The molecule has 0 bridgehead atoms. The summed E-state index contributed by atoms with van der Waals surface area (Å²) in [5.74, 6) is 0.481. The molecule has 1 aromatic heterocycles. The van der Waals surface area contributed by atoms with Gasteiger partial charge in [0.05, 0.1) is 6.54 Å². The van der Waals surface area contributed by atoms with Crippen molar-refractivity contribution in [3.05, 3.63) is 17.5 Å². The van der Waals surface area contributed by atoms with Crippen LogP contribution < -0.4 is 4.90 Å². The third kappa shape index (κ3) is 2.79. The van der Waals surface area contributed by atoms with Gasteiger partial charge in [0.1, 0.15) is 0 Å². The molecule has 2 fully saturated rings. The number of carbonyl (C=O) groups excluding carboxylic acids is 1. The molecule has 0 radical (unpaired) electrons. The number of amides is 1. The van der Waals surface area contributed by atoms with E-state index in [0.29, 0.717) is 12.4 Å². The molecule has 0 unspecified atom stereocenters. The number of carbonyl (C=O) groups is 1. The van der Waals surface area contributed by atoms with Gasteiger partial charge in [-0.3, -0.25) is 4.79 Å². The lowest BCUT2D eigenvalue weighted by atomic mass is 9.91. The lowest BCUT2D eigenvalue weighted by molar-refractivity contribution is -0.151. The maximum Gasteiger partial charge on any atom is 0.256 e. The lowest BCUT2D eigenvalue weighted by Crippen LogP contribution is -2.58. The van der Waals surface area contributed by atoms with Crippen LogP contribution in [0.15, 0.2) is 6.20 Å². The monoisotopic (exact) mass is 304 g/mol. The van der Waals surface area contributed by atoms with E-state index < -0.39 is 5.60 Å². The number of aliphatic hydroxyl groups is 1. The van der Waals surface area contributed by atoms with Crippen LogP contribution in [-0.2, 0) is 4.79 Å². The predicted molar refractivity (Wildman–Crippen MR) is 83.7 cm³/mol. The van der Waals surface area contributed by atoms with E-state index in [4.69, 9.17) is 0 Å². The molecular formula is C16H24N4O2. The number of likely N-dealkylation sites (tertiary alicyclic amines) is 1. The first kappa shape index (κ1) is 15.2. The van der Waals surface area contributed by atoms with Gasteiger partial charge in [0.25, 0.3) is 5.91 Å². The van der Waals surface area contributed by atoms with E-state index in [0.717, 1.165) is 50.2 Å². The summed E-state index contributed by atoms with van der Waals surface area (Å²) in [5, 5.41) is 10.9. The number of nitrogens with zero attached hydrogens (tertiary/aromatic N) is 4. The maximum absolute atomic E-state index is 12.6. The van der Waals surface area contributed by atoms with Crippen LogP contribution in [-0.4, -0.2) is 57.7 Å². The molecular weight excluding hydrogens is 280 g/mol. The zero-order chi connectivity index (χ0) is 15.7. The molecule has 0 spiro atoms. The number of piperidine rings is 1. The molecule has 2 saturated heterocycles. The summed E-state index contributed by atoms with van der Waals surface area (Å²) in [7, 11) is 0. The molecule has 1 atom stereocenters. The van der Waals surface area contributed by atoms with E-state index in [1.54, 1.807) is 11.1 Å². The minimum absolute atomic E-state index is 0.126. The Morgan fingerprint density at radius 1 is 1.23 bits per heavy atom. The van der Waals surface area contributed by atoms with Gasteiger partial charge in [0, 0.05) is 31.5 Å². The van der Waals surface area contributed by atoms with Gasteiger partial charge in [-0.1, -0.05) is 0 Å². The van der Waals surface area contributed by atoms with E-state index in [1.165, 1.54) is 0 Å². The molecule has 6 nitrogen and oxygen atoms in total. The average molecular weight is 304 g/mol. The summed E-state index contributed by atoms with van der Waals surface area (Å²) < 4.78 is 0. The van der Waals surface area contributed by atoms with Gasteiger partial charge >= 0.3 is 0 Å². The molecule has 1 aromatic rings. The number of anilines is 1. The minimum atomic E-state index is -1.30. The Balaban J connectivity index is 1.77.